The van der Waals surface area contributed by atoms with Crippen LogP contribution in [-0.4, -0.2) is 45.2 Å². The Labute approximate surface area is 123 Å². The molecule has 4 nitrogen and oxygen atoms in total. The van der Waals surface area contributed by atoms with E-state index in [0.717, 1.165) is 58.1 Å². The minimum atomic E-state index is -2.90. The Hall–Kier alpha value is -0.130. The SMILES string of the molecule is CCCNC(C1CCCC(S(C)(=O)=O)C1)C1CCCO1. The molecule has 2 aliphatic rings. The van der Waals surface area contributed by atoms with E-state index in [1.807, 2.05) is 0 Å². The molecular formula is C15H29NO3S. The number of nitrogens with one attached hydrogen (secondary N) is 1. The molecule has 2 rings (SSSR count). The number of hydrogen-bond acceptors (Lipinski definition) is 4. The molecule has 0 spiro atoms. The fraction of sp³-hybridized carbons (Fsp3) is 1.00. The van der Waals surface area contributed by atoms with Gasteiger partial charge in [-0.25, -0.2) is 8.42 Å². The summed E-state index contributed by atoms with van der Waals surface area (Å²) in [6, 6.07) is 0.335. The summed E-state index contributed by atoms with van der Waals surface area (Å²) in [4.78, 5) is 0. The summed E-state index contributed by atoms with van der Waals surface area (Å²) in [5, 5.41) is 3.49. The standard InChI is InChI=1S/C15H29NO3S/c1-3-9-16-15(14-8-5-10-19-14)12-6-4-7-13(11-12)20(2,17)18/h12-16H,3-11H2,1-2H3. The number of rotatable bonds is 6. The molecule has 0 aromatic carbocycles. The van der Waals surface area contributed by atoms with Gasteiger partial charge in [0.05, 0.1) is 11.4 Å². The highest BCUT2D eigenvalue weighted by atomic mass is 32.2. The Morgan fingerprint density at radius 2 is 2.05 bits per heavy atom. The molecule has 1 saturated heterocycles. The maximum atomic E-state index is 11.8. The number of sulfone groups is 1. The summed E-state index contributed by atoms with van der Waals surface area (Å²) in [5.74, 6) is 0.443. The van der Waals surface area contributed by atoms with Crippen LogP contribution in [0.4, 0.5) is 0 Å². The zero-order valence-electron chi connectivity index (χ0n) is 12.8. The molecule has 4 atom stereocenters. The van der Waals surface area contributed by atoms with Crippen LogP contribution in [0.5, 0.6) is 0 Å². The quantitative estimate of drug-likeness (QED) is 0.817. The molecule has 2 fully saturated rings. The van der Waals surface area contributed by atoms with Gasteiger partial charge in [-0.3, -0.25) is 0 Å². The van der Waals surface area contributed by atoms with Gasteiger partial charge in [0.1, 0.15) is 9.84 Å². The van der Waals surface area contributed by atoms with Gasteiger partial charge in [0, 0.05) is 18.9 Å². The van der Waals surface area contributed by atoms with Crippen LogP contribution in [0.3, 0.4) is 0 Å². The van der Waals surface area contributed by atoms with Crippen molar-refractivity contribution in [3.05, 3.63) is 0 Å². The van der Waals surface area contributed by atoms with Crippen molar-refractivity contribution >= 4 is 9.84 Å². The largest absolute Gasteiger partial charge is 0.377 e. The molecule has 0 bridgehead atoms. The predicted octanol–water partition coefficient (Wildman–Crippen LogP) is 2.14. The third-order valence-electron chi connectivity index (χ3n) is 4.78. The maximum Gasteiger partial charge on any atom is 0.150 e. The molecule has 0 amide bonds. The van der Waals surface area contributed by atoms with E-state index in [1.54, 1.807) is 0 Å². The van der Waals surface area contributed by atoms with Crippen molar-refractivity contribution in [3.8, 4) is 0 Å². The number of hydrogen-bond donors (Lipinski definition) is 1. The first-order valence-corrected chi connectivity index (χ1v) is 10.0. The van der Waals surface area contributed by atoms with Gasteiger partial charge in [-0.05, 0) is 51.0 Å². The van der Waals surface area contributed by atoms with E-state index in [4.69, 9.17) is 4.74 Å². The van der Waals surface area contributed by atoms with Gasteiger partial charge < -0.3 is 10.1 Å². The molecule has 1 heterocycles. The second kappa shape index (κ2) is 7.23. The third kappa shape index (κ3) is 4.18. The summed E-state index contributed by atoms with van der Waals surface area (Å²) in [6.07, 6.45) is 8.82. The second-order valence-corrected chi connectivity index (χ2v) is 8.74. The molecule has 0 aromatic heterocycles. The average Bonchev–Trinajstić information content (AvgIpc) is 2.92. The topological polar surface area (TPSA) is 55.4 Å². The lowest BCUT2D eigenvalue weighted by molar-refractivity contribution is 0.0499. The lowest BCUT2D eigenvalue weighted by Gasteiger charge is -2.37. The maximum absolute atomic E-state index is 11.8. The minimum absolute atomic E-state index is 0.145. The highest BCUT2D eigenvalue weighted by Gasteiger charge is 2.37. The van der Waals surface area contributed by atoms with Crippen molar-refractivity contribution in [2.75, 3.05) is 19.4 Å². The van der Waals surface area contributed by atoms with Crippen LogP contribution in [0.15, 0.2) is 0 Å². The Bertz CT molecular complexity index is 390. The second-order valence-electron chi connectivity index (χ2n) is 6.41. The molecule has 4 unspecified atom stereocenters. The summed E-state index contributed by atoms with van der Waals surface area (Å²) < 4.78 is 29.6. The van der Waals surface area contributed by atoms with E-state index < -0.39 is 9.84 Å². The van der Waals surface area contributed by atoms with Gasteiger partial charge in [0.15, 0.2) is 0 Å². The Morgan fingerprint density at radius 1 is 1.25 bits per heavy atom. The zero-order valence-corrected chi connectivity index (χ0v) is 13.6. The van der Waals surface area contributed by atoms with E-state index in [2.05, 4.69) is 12.2 Å². The molecule has 0 aromatic rings. The molecular weight excluding hydrogens is 274 g/mol. The van der Waals surface area contributed by atoms with Gasteiger partial charge >= 0.3 is 0 Å². The molecule has 20 heavy (non-hydrogen) atoms. The van der Waals surface area contributed by atoms with Crippen molar-refractivity contribution in [1.29, 1.82) is 0 Å². The first-order chi connectivity index (χ1) is 9.52. The van der Waals surface area contributed by atoms with Crippen LogP contribution in [0.2, 0.25) is 0 Å². The molecule has 1 N–H and O–H groups in total. The van der Waals surface area contributed by atoms with Gasteiger partial charge in [-0.2, -0.15) is 0 Å². The predicted molar refractivity (Wildman–Crippen MR) is 81.6 cm³/mol. The van der Waals surface area contributed by atoms with Crippen molar-refractivity contribution in [2.45, 2.75) is 69.3 Å². The van der Waals surface area contributed by atoms with Crippen LogP contribution in [0, 0.1) is 5.92 Å². The Kier molecular flexibility index (Phi) is 5.87. The fourth-order valence-corrected chi connectivity index (χ4v) is 4.89. The van der Waals surface area contributed by atoms with Gasteiger partial charge in [0.25, 0.3) is 0 Å². The molecule has 0 radical (unpaired) electrons. The van der Waals surface area contributed by atoms with Crippen LogP contribution in [-0.2, 0) is 14.6 Å². The van der Waals surface area contributed by atoms with Gasteiger partial charge in [-0.1, -0.05) is 13.3 Å². The van der Waals surface area contributed by atoms with E-state index in [1.165, 1.54) is 6.26 Å². The highest BCUT2D eigenvalue weighted by molar-refractivity contribution is 7.91. The monoisotopic (exact) mass is 303 g/mol. The summed E-state index contributed by atoms with van der Waals surface area (Å²) in [7, 11) is -2.90. The Morgan fingerprint density at radius 3 is 2.65 bits per heavy atom. The third-order valence-corrected chi connectivity index (χ3v) is 6.41. The first kappa shape index (κ1) is 16.2. The Balaban J connectivity index is 2.03. The first-order valence-electron chi connectivity index (χ1n) is 8.06. The van der Waals surface area contributed by atoms with Crippen LogP contribution in [0.25, 0.3) is 0 Å². The minimum Gasteiger partial charge on any atom is -0.377 e. The molecule has 1 saturated carbocycles. The molecule has 1 aliphatic carbocycles. The fourth-order valence-electron chi connectivity index (χ4n) is 3.69. The number of ether oxygens (including phenoxy) is 1. The van der Waals surface area contributed by atoms with Crippen molar-refractivity contribution in [1.82, 2.24) is 5.32 Å². The van der Waals surface area contributed by atoms with Crippen molar-refractivity contribution < 1.29 is 13.2 Å². The van der Waals surface area contributed by atoms with Crippen molar-refractivity contribution in [3.63, 3.8) is 0 Å². The van der Waals surface area contributed by atoms with Gasteiger partial charge in [-0.15, -0.1) is 0 Å². The van der Waals surface area contributed by atoms with E-state index in [9.17, 15) is 8.42 Å². The molecule has 118 valence electrons. The normalized spacial score (nSPS) is 33.2. The molecule has 5 heteroatoms. The smallest absolute Gasteiger partial charge is 0.150 e. The summed E-state index contributed by atoms with van der Waals surface area (Å²) in [6.45, 7) is 4.02. The highest BCUT2D eigenvalue weighted by Crippen LogP contribution is 2.34. The van der Waals surface area contributed by atoms with Crippen LogP contribution < -0.4 is 5.32 Å². The van der Waals surface area contributed by atoms with Crippen molar-refractivity contribution in [2.24, 2.45) is 5.92 Å². The summed E-state index contributed by atoms with van der Waals surface area (Å²) >= 11 is 0. The van der Waals surface area contributed by atoms with Gasteiger partial charge in [0.2, 0.25) is 0 Å². The molecule has 1 aliphatic heterocycles. The van der Waals surface area contributed by atoms with E-state index in [-0.39, 0.29) is 11.4 Å². The van der Waals surface area contributed by atoms with E-state index >= 15 is 0 Å². The average molecular weight is 303 g/mol. The lowest BCUT2D eigenvalue weighted by Crippen LogP contribution is -2.48. The zero-order chi connectivity index (χ0) is 14.6. The van der Waals surface area contributed by atoms with Crippen LogP contribution >= 0.6 is 0 Å². The van der Waals surface area contributed by atoms with Crippen LogP contribution in [0.1, 0.15) is 51.9 Å². The lowest BCUT2D eigenvalue weighted by atomic mass is 9.81. The summed E-state index contributed by atoms with van der Waals surface area (Å²) in [5.41, 5.74) is 0. The van der Waals surface area contributed by atoms with E-state index in [0.29, 0.717) is 12.0 Å².